The molecule has 32 heavy (non-hydrogen) atoms. The average Bonchev–Trinajstić information content (AvgIpc) is 3.56. The van der Waals surface area contributed by atoms with E-state index in [2.05, 4.69) is 35.3 Å². The Morgan fingerprint density at radius 1 is 1.25 bits per heavy atom. The van der Waals surface area contributed by atoms with Gasteiger partial charge in [-0.3, -0.25) is 4.79 Å². The first-order valence-corrected chi connectivity index (χ1v) is 11.8. The SMILES string of the molecule is CC[C@@H](CC(=O)OC)c1ccc(N(CC2CC2)CC(C)(C)O)c(Nc2ccc(Cl)cc2)c1. The summed E-state index contributed by atoms with van der Waals surface area (Å²) >= 11 is 6.07. The van der Waals surface area contributed by atoms with Crippen LogP contribution < -0.4 is 10.2 Å². The largest absolute Gasteiger partial charge is 0.469 e. The first kappa shape index (κ1) is 24.4. The number of methoxy groups -OCH3 is 1. The quantitative estimate of drug-likeness (QED) is 0.397. The monoisotopic (exact) mass is 458 g/mol. The highest BCUT2D eigenvalue weighted by Crippen LogP contribution is 2.38. The number of benzene rings is 2. The molecule has 0 spiro atoms. The van der Waals surface area contributed by atoms with Gasteiger partial charge in [-0.1, -0.05) is 24.6 Å². The zero-order valence-electron chi connectivity index (χ0n) is 19.5. The van der Waals surface area contributed by atoms with E-state index in [0.717, 1.165) is 35.6 Å². The van der Waals surface area contributed by atoms with Crippen molar-refractivity contribution in [2.45, 2.75) is 58.0 Å². The van der Waals surface area contributed by atoms with Gasteiger partial charge in [0.2, 0.25) is 0 Å². The number of halogens is 1. The van der Waals surface area contributed by atoms with Crippen molar-refractivity contribution in [3.63, 3.8) is 0 Å². The highest BCUT2D eigenvalue weighted by atomic mass is 35.5. The third kappa shape index (κ3) is 7.14. The first-order valence-electron chi connectivity index (χ1n) is 11.4. The molecule has 2 N–H and O–H groups in total. The first-order chi connectivity index (χ1) is 15.2. The van der Waals surface area contributed by atoms with Gasteiger partial charge in [-0.2, -0.15) is 0 Å². The van der Waals surface area contributed by atoms with Crippen molar-refractivity contribution in [1.82, 2.24) is 0 Å². The Morgan fingerprint density at radius 2 is 1.94 bits per heavy atom. The summed E-state index contributed by atoms with van der Waals surface area (Å²) in [5.74, 6) is 0.544. The van der Waals surface area contributed by atoms with Crippen LogP contribution in [0.25, 0.3) is 0 Å². The third-order valence-corrected chi connectivity index (χ3v) is 6.09. The highest BCUT2D eigenvalue weighted by Gasteiger charge is 2.29. The molecule has 0 saturated heterocycles. The maximum absolute atomic E-state index is 11.9. The van der Waals surface area contributed by atoms with Gasteiger partial charge in [0.25, 0.3) is 0 Å². The molecule has 1 aliphatic carbocycles. The van der Waals surface area contributed by atoms with Crippen molar-refractivity contribution in [2.75, 3.05) is 30.4 Å². The minimum atomic E-state index is -0.818. The molecule has 6 heteroatoms. The van der Waals surface area contributed by atoms with Gasteiger partial charge < -0.3 is 20.1 Å². The summed E-state index contributed by atoms with van der Waals surface area (Å²) in [7, 11) is 1.43. The molecular formula is C26H35ClN2O3. The molecule has 2 aromatic rings. The fourth-order valence-corrected chi connectivity index (χ4v) is 4.11. The van der Waals surface area contributed by atoms with Crippen LogP contribution in [0.3, 0.4) is 0 Å². The summed E-state index contributed by atoms with van der Waals surface area (Å²) in [6, 6.07) is 14.0. The minimum absolute atomic E-state index is 0.0773. The maximum Gasteiger partial charge on any atom is 0.306 e. The van der Waals surface area contributed by atoms with E-state index in [4.69, 9.17) is 16.3 Å². The second-order valence-electron chi connectivity index (χ2n) is 9.43. The number of nitrogens with one attached hydrogen (secondary N) is 1. The molecule has 1 fully saturated rings. The van der Waals surface area contributed by atoms with Gasteiger partial charge in [-0.05, 0) is 86.9 Å². The molecule has 0 aliphatic heterocycles. The predicted molar refractivity (Wildman–Crippen MR) is 132 cm³/mol. The molecule has 1 saturated carbocycles. The van der Waals surface area contributed by atoms with Crippen LogP contribution in [0.2, 0.25) is 5.02 Å². The Labute approximate surface area is 196 Å². The van der Waals surface area contributed by atoms with E-state index in [1.165, 1.54) is 20.0 Å². The van der Waals surface area contributed by atoms with Gasteiger partial charge in [0.15, 0.2) is 0 Å². The third-order valence-electron chi connectivity index (χ3n) is 5.84. The number of hydrogen-bond donors (Lipinski definition) is 2. The van der Waals surface area contributed by atoms with Gasteiger partial charge in [0.1, 0.15) is 0 Å². The Bertz CT molecular complexity index is 904. The lowest BCUT2D eigenvalue weighted by atomic mass is 9.92. The molecule has 0 unspecified atom stereocenters. The molecule has 0 amide bonds. The number of aliphatic hydroxyl groups is 1. The van der Waals surface area contributed by atoms with E-state index < -0.39 is 5.60 Å². The number of rotatable bonds is 11. The normalized spacial score (nSPS) is 14.7. The van der Waals surface area contributed by atoms with Crippen molar-refractivity contribution in [3.05, 3.63) is 53.1 Å². The molecule has 0 radical (unpaired) electrons. The van der Waals surface area contributed by atoms with E-state index in [9.17, 15) is 9.90 Å². The number of carbonyl (C=O) groups excluding carboxylic acids is 1. The van der Waals surface area contributed by atoms with E-state index in [-0.39, 0.29) is 11.9 Å². The van der Waals surface area contributed by atoms with Gasteiger partial charge in [0, 0.05) is 23.8 Å². The smallest absolute Gasteiger partial charge is 0.306 e. The lowest BCUT2D eigenvalue weighted by Gasteiger charge is -2.33. The van der Waals surface area contributed by atoms with Crippen molar-refractivity contribution >= 4 is 34.6 Å². The van der Waals surface area contributed by atoms with Crippen molar-refractivity contribution < 1.29 is 14.6 Å². The summed E-state index contributed by atoms with van der Waals surface area (Å²) in [4.78, 5) is 14.2. The molecule has 1 atom stereocenters. The predicted octanol–water partition coefficient (Wildman–Crippen LogP) is 6.13. The molecule has 0 heterocycles. The molecule has 174 valence electrons. The number of nitrogens with zero attached hydrogens (tertiary/aromatic N) is 1. The number of hydrogen-bond acceptors (Lipinski definition) is 5. The Morgan fingerprint density at radius 3 is 2.50 bits per heavy atom. The number of anilines is 3. The average molecular weight is 459 g/mol. The Balaban J connectivity index is 1.99. The van der Waals surface area contributed by atoms with Crippen LogP contribution in [0.4, 0.5) is 17.1 Å². The summed E-state index contributed by atoms with van der Waals surface area (Å²) in [5.41, 5.74) is 3.21. The molecule has 5 nitrogen and oxygen atoms in total. The fraction of sp³-hybridized carbons (Fsp3) is 0.500. The summed E-state index contributed by atoms with van der Waals surface area (Å²) in [6.45, 7) is 7.23. The van der Waals surface area contributed by atoms with Crippen LogP contribution in [0.5, 0.6) is 0 Å². The van der Waals surface area contributed by atoms with Crippen LogP contribution in [-0.2, 0) is 9.53 Å². The van der Waals surface area contributed by atoms with Crippen LogP contribution in [0, 0.1) is 5.92 Å². The van der Waals surface area contributed by atoms with Gasteiger partial charge in [-0.15, -0.1) is 0 Å². The molecule has 1 aliphatic rings. The van der Waals surface area contributed by atoms with Crippen LogP contribution in [0.1, 0.15) is 57.9 Å². The zero-order valence-corrected chi connectivity index (χ0v) is 20.3. The van der Waals surface area contributed by atoms with Gasteiger partial charge >= 0.3 is 5.97 Å². The molecule has 3 rings (SSSR count). The number of esters is 1. The van der Waals surface area contributed by atoms with E-state index in [1.807, 2.05) is 38.1 Å². The summed E-state index contributed by atoms with van der Waals surface area (Å²) < 4.78 is 4.91. The van der Waals surface area contributed by atoms with E-state index in [0.29, 0.717) is 23.9 Å². The molecule has 0 aromatic heterocycles. The van der Waals surface area contributed by atoms with Crippen LogP contribution >= 0.6 is 11.6 Å². The number of ether oxygens (including phenoxy) is 1. The fourth-order valence-electron chi connectivity index (χ4n) is 3.98. The lowest BCUT2D eigenvalue weighted by molar-refractivity contribution is -0.141. The number of carbonyl (C=O) groups is 1. The Hall–Kier alpha value is -2.24. The lowest BCUT2D eigenvalue weighted by Crippen LogP contribution is -2.40. The van der Waals surface area contributed by atoms with Crippen LogP contribution in [0.15, 0.2) is 42.5 Å². The van der Waals surface area contributed by atoms with Crippen LogP contribution in [-0.4, -0.2) is 36.9 Å². The van der Waals surface area contributed by atoms with Crippen molar-refractivity contribution in [3.8, 4) is 0 Å². The van der Waals surface area contributed by atoms with E-state index in [1.54, 1.807) is 0 Å². The van der Waals surface area contributed by atoms with Crippen molar-refractivity contribution in [1.29, 1.82) is 0 Å². The second-order valence-corrected chi connectivity index (χ2v) is 9.87. The Kier molecular flexibility index (Phi) is 8.07. The zero-order chi connectivity index (χ0) is 23.3. The van der Waals surface area contributed by atoms with Gasteiger partial charge in [-0.25, -0.2) is 0 Å². The minimum Gasteiger partial charge on any atom is -0.469 e. The highest BCUT2D eigenvalue weighted by molar-refractivity contribution is 6.30. The molecule has 0 bridgehead atoms. The summed E-state index contributed by atoms with van der Waals surface area (Å²) in [6.07, 6.45) is 3.65. The van der Waals surface area contributed by atoms with E-state index >= 15 is 0 Å². The van der Waals surface area contributed by atoms with Crippen molar-refractivity contribution in [2.24, 2.45) is 5.92 Å². The standard InChI is InChI=1S/C26H35ClN2O3/c1-5-19(15-25(30)32-4)20-8-13-24(29(16-18-6-7-18)17-26(2,3)31)23(14-20)28-22-11-9-21(27)10-12-22/h8-14,18-19,28,31H,5-7,15-17H2,1-4H3/t19-/m0/s1. The van der Waals surface area contributed by atoms with Gasteiger partial charge in [0.05, 0.1) is 30.5 Å². The molecular weight excluding hydrogens is 424 g/mol. The summed E-state index contributed by atoms with van der Waals surface area (Å²) in [5, 5.41) is 14.8. The topological polar surface area (TPSA) is 61.8 Å². The molecule has 2 aromatic carbocycles. The maximum atomic E-state index is 11.9. The second kappa shape index (κ2) is 10.6.